The fourth-order valence-corrected chi connectivity index (χ4v) is 4.87. The molecule has 1 amide bonds. The summed E-state index contributed by atoms with van der Waals surface area (Å²) in [4.78, 5) is 12.1. The second-order valence-corrected chi connectivity index (χ2v) is 8.25. The average molecular weight is 414 g/mol. The minimum atomic E-state index is -3.54. The Bertz CT molecular complexity index is 632. The van der Waals surface area contributed by atoms with Gasteiger partial charge in [0.05, 0.1) is 25.4 Å². The first-order chi connectivity index (χ1) is 11.6. The zero-order valence-electron chi connectivity index (χ0n) is 14.0. The van der Waals surface area contributed by atoms with Gasteiger partial charge in [0.1, 0.15) is 4.21 Å². The van der Waals surface area contributed by atoms with Gasteiger partial charge in [-0.1, -0.05) is 0 Å². The molecular formula is C14H24ClN3O5S2. The highest BCUT2D eigenvalue weighted by molar-refractivity contribution is 7.91. The van der Waals surface area contributed by atoms with Crippen molar-refractivity contribution in [3.63, 3.8) is 0 Å². The summed E-state index contributed by atoms with van der Waals surface area (Å²) in [5, 5.41) is 7.44. The number of ether oxygens (including phenoxy) is 2. The molecule has 1 aliphatic rings. The number of halogens is 1. The summed E-state index contributed by atoms with van der Waals surface area (Å²) >= 11 is 1.07. The highest BCUT2D eigenvalue weighted by atomic mass is 35.5. The van der Waals surface area contributed by atoms with Gasteiger partial charge in [-0.3, -0.25) is 4.79 Å². The predicted octanol–water partition coefficient (Wildman–Crippen LogP) is 0.157. The number of thiophene rings is 1. The maximum atomic E-state index is 12.5. The van der Waals surface area contributed by atoms with Crippen molar-refractivity contribution in [2.24, 2.45) is 0 Å². The van der Waals surface area contributed by atoms with E-state index < -0.39 is 10.0 Å². The summed E-state index contributed by atoms with van der Waals surface area (Å²) in [7, 11) is -1.92. The largest absolute Gasteiger partial charge is 0.383 e. The fraction of sp³-hybridized carbons (Fsp3) is 0.643. The first-order valence-corrected chi connectivity index (χ1v) is 10.0. The lowest BCUT2D eigenvalue weighted by Crippen LogP contribution is -2.40. The molecule has 2 heterocycles. The van der Waals surface area contributed by atoms with Gasteiger partial charge in [0.15, 0.2) is 0 Å². The van der Waals surface area contributed by atoms with E-state index in [1.165, 1.54) is 10.4 Å². The number of carbonyl (C=O) groups excluding carboxylic acids is 1. The molecule has 0 radical (unpaired) electrons. The molecule has 1 aromatic heterocycles. The lowest BCUT2D eigenvalue weighted by Gasteiger charge is -2.25. The van der Waals surface area contributed by atoms with Gasteiger partial charge in [0.2, 0.25) is 0 Å². The number of hydrogen-bond acceptors (Lipinski definition) is 7. The van der Waals surface area contributed by atoms with Crippen molar-refractivity contribution in [2.45, 2.75) is 4.21 Å². The van der Waals surface area contributed by atoms with Gasteiger partial charge < -0.3 is 20.1 Å². The number of carbonyl (C=O) groups is 1. The van der Waals surface area contributed by atoms with Crippen molar-refractivity contribution in [3.8, 4) is 0 Å². The van der Waals surface area contributed by atoms with E-state index >= 15 is 0 Å². The SMILES string of the molecule is COCCNCCNC(=O)c1csc(S(=O)(=O)N2CCOCC2)c1.Cl. The number of morpholine rings is 1. The number of nitrogens with zero attached hydrogens (tertiary/aromatic N) is 1. The molecule has 0 spiro atoms. The Labute approximate surface area is 158 Å². The van der Waals surface area contributed by atoms with Gasteiger partial charge in [0.25, 0.3) is 15.9 Å². The molecular weight excluding hydrogens is 390 g/mol. The van der Waals surface area contributed by atoms with E-state index in [-0.39, 0.29) is 22.5 Å². The molecule has 0 unspecified atom stereocenters. The molecule has 0 aliphatic carbocycles. The monoisotopic (exact) mass is 413 g/mol. The van der Waals surface area contributed by atoms with Crippen molar-refractivity contribution in [3.05, 3.63) is 17.0 Å². The minimum absolute atomic E-state index is 0. The van der Waals surface area contributed by atoms with Crippen LogP contribution in [0, 0.1) is 0 Å². The van der Waals surface area contributed by atoms with Crippen LogP contribution in [0.5, 0.6) is 0 Å². The molecule has 2 rings (SSSR count). The summed E-state index contributed by atoms with van der Waals surface area (Å²) in [6, 6.07) is 1.43. The summed E-state index contributed by atoms with van der Waals surface area (Å²) in [5.41, 5.74) is 0.365. The van der Waals surface area contributed by atoms with Gasteiger partial charge in [-0.2, -0.15) is 4.31 Å². The van der Waals surface area contributed by atoms with Crippen LogP contribution in [0.3, 0.4) is 0 Å². The Morgan fingerprint density at radius 2 is 2.04 bits per heavy atom. The van der Waals surface area contributed by atoms with Crippen molar-refractivity contribution in [1.29, 1.82) is 0 Å². The number of amides is 1. The Balaban J connectivity index is 0.00000312. The number of hydrogen-bond donors (Lipinski definition) is 2. The molecule has 11 heteroatoms. The van der Waals surface area contributed by atoms with Gasteiger partial charge >= 0.3 is 0 Å². The van der Waals surface area contributed by atoms with Crippen LogP contribution in [0.2, 0.25) is 0 Å². The quantitative estimate of drug-likeness (QED) is 0.559. The molecule has 144 valence electrons. The molecule has 0 atom stereocenters. The van der Waals surface area contributed by atoms with Crippen molar-refractivity contribution in [2.75, 3.05) is 59.7 Å². The molecule has 0 saturated carbocycles. The Kier molecular flexibility index (Phi) is 9.87. The Hall–Kier alpha value is -0.750. The van der Waals surface area contributed by atoms with E-state index in [2.05, 4.69) is 10.6 Å². The molecule has 0 aromatic carbocycles. The van der Waals surface area contributed by atoms with Crippen LogP contribution in [0.1, 0.15) is 10.4 Å². The van der Waals surface area contributed by atoms with Crippen LogP contribution >= 0.6 is 23.7 Å². The second kappa shape index (κ2) is 11.1. The maximum Gasteiger partial charge on any atom is 0.252 e. The predicted molar refractivity (Wildman–Crippen MR) is 98.2 cm³/mol. The zero-order chi connectivity index (χ0) is 17.4. The normalized spacial score (nSPS) is 15.6. The topological polar surface area (TPSA) is 97.0 Å². The van der Waals surface area contributed by atoms with Crippen LogP contribution in [0.4, 0.5) is 0 Å². The van der Waals surface area contributed by atoms with Crippen LogP contribution < -0.4 is 10.6 Å². The van der Waals surface area contributed by atoms with Gasteiger partial charge in [0, 0.05) is 45.2 Å². The zero-order valence-corrected chi connectivity index (χ0v) is 16.5. The van der Waals surface area contributed by atoms with Crippen LogP contribution in [-0.2, 0) is 19.5 Å². The molecule has 1 fully saturated rings. The average Bonchev–Trinajstić information content (AvgIpc) is 3.09. The van der Waals surface area contributed by atoms with E-state index in [1.54, 1.807) is 12.5 Å². The number of methoxy groups -OCH3 is 1. The highest BCUT2D eigenvalue weighted by Gasteiger charge is 2.28. The third-order valence-electron chi connectivity index (χ3n) is 3.47. The number of sulfonamides is 1. The highest BCUT2D eigenvalue weighted by Crippen LogP contribution is 2.24. The summed E-state index contributed by atoms with van der Waals surface area (Å²) in [6.07, 6.45) is 0. The van der Waals surface area contributed by atoms with Crippen LogP contribution in [-0.4, -0.2) is 78.3 Å². The number of rotatable bonds is 9. The van der Waals surface area contributed by atoms with E-state index in [0.717, 1.165) is 11.3 Å². The van der Waals surface area contributed by atoms with Crippen molar-refractivity contribution >= 4 is 39.7 Å². The minimum Gasteiger partial charge on any atom is -0.383 e. The third-order valence-corrected chi connectivity index (χ3v) is 6.79. The van der Waals surface area contributed by atoms with Gasteiger partial charge in [-0.15, -0.1) is 23.7 Å². The Morgan fingerprint density at radius 3 is 2.72 bits per heavy atom. The first-order valence-electron chi connectivity index (χ1n) is 7.70. The summed E-state index contributed by atoms with van der Waals surface area (Å²) in [6.45, 7) is 3.89. The summed E-state index contributed by atoms with van der Waals surface area (Å²) in [5.74, 6) is -0.275. The van der Waals surface area contributed by atoms with E-state index in [4.69, 9.17) is 9.47 Å². The second-order valence-electron chi connectivity index (χ2n) is 5.17. The van der Waals surface area contributed by atoms with Crippen molar-refractivity contribution < 1.29 is 22.7 Å². The molecule has 2 N–H and O–H groups in total. The first kappa shape index (κ1) is 22.3. The standard InChI is InChI=1S/C14H23N3O5S2.ClH/c1-21-7-4-15-2-3-16-14(18)12-10-13(23-11-12)24(19,20)17-5-8-22-9-6-17;/h10-11,15H,2-9H2,1H3,(H,16,18);1H. The van der Waals surface area contributed by atoms with E-state index in [0.29, 0.717) is 58.1 Å². The lowest BCUT2D eigenvalue weighted by atomic mass is 10.3. The fourth-order valence-electron chi connectivity index (χ4n) is 2.15. The van der Waals surface area contributed by atoms with Crippen LogP contribution in [0.15, 0.2) is 15.7 Å². The molecule has 0 bridgehead atoms. The summed E-state index contributed by atoms with van der Waals surface area (Å²) < 4.78 is 36.7. The van der Waals surface area contributed by atoms with E-state index in [9.17, 15) is 13.2 Å². The van der Waals surface area contributed by atoms with Gasteiger partial charge in [-0.05, 0) is 6.07 Å². The number of nitrogens with one attached hydrogen (secondary N) is 2. The molecule has 25 heavy (non-hydrogen) atoms. The Morgan fingerprint density at radius 1 is 1.32 bits per heavy atom. The molecule has 1 aliphatic heterocycles. The lowest BCUT2D eigenvalue weighted by molar-refractivity contribution is 0.0731. The van der Waals surface area contributed by atoms with Crippen molar-refractivity contribution in [1.82, 2.24) is 14.9 Å². The van der Waals surface area contributed by atoms with Crippen LogP contribution in [0.25, 0.3) is 0 Å². The maximum absolute atomic E-state index is 12.5. The molecule has 1 saturated heterocycles. The third kappa shape index (κ3) is 6.48. The molecule has 1 aromatic rings. The smallest absolute Gasteiger partial charge is 0.252 e. The molecule has 8 nitrogen and oxygen atoms in total. The van der Waals surface area contributed by atoms with E-state index in [1.807, 2.05) is 0 Å². The van der Waals surface area contributed by atoms with Gasteiger partial charge in [-0.25, -0.2) is 8.42 Å².